The van der Waals surface area contributed by atoms with Crippen molar-refractivity contribution in [1.82, 2.24) is 21.3 Å². The molecule has 0 amide bonds. The lowest BCUT2D eigenvalue weighted by Crippen LogP contribution is -2.35. The van der Waals surface area contributed by atoms with E-state index < -0.39 is 0 Å². The summed E-state index contributed by atoms with van der Waals surface area (Å²) in [5.41, 5.74) is 0. The summed E-state index contributed by atoms with van der Waals surface area (Å²) >= 11 is 0. The summed E-state index contributed by atoms with van der Waals surface area (Å²) in [6.07, 6.45) is 4.08. The van der Waals surface area contributed by atoms with Crippen LogP contribution in [0.25, 0.3) is 0 Å². The molecule has 1 fully saturated rings. The number of hydrogen-bond acceptors (Lipinski definition) is 4. The van der Waals surface area contributed by atoms with Gasteiger partial charge in [-0.2, -0.15) is 0 Å². The monoisotopic (exact) mass is 228 g/mol. The maximum absolute atomic E-state index is 3.64. The number of nitrogens with one attached hydrogen (secondary N) is 4. The summed E-state index contributed by atoms with van der Waals surface area (Å²) in [6, 6.07) is 0.754. The molecule has 4 heteroatoms. The largest absolute Gasteiger partial charge is 0.319 e. The zero-order valence-corrected chi connectivity index (χ0v) is 10.8. The topological polar surface area (TPSA) is 48.1 Å². The zero-order chi connectivity index (χ0) is 11.6. The van der Waals surface area contributed by atoms with Gasteiger partial charge in [0.1, 0.15) is 0 Å². The highest BCUT2D eigenvalue weighted by Gasteiger charge is 2.22. The number of hydrogen-bond donors (Lipinski definition) is 4. The predicted molar refractivity (Wildman–Crippen MR) is 69.9 cm³/mol. The minimum atomic E-state index is 0.754. The van der Waals surface area contributed by atoms with Gasteiger partial charge in [-0.1, -0.05) is 0 Å². The van der Waals surface area contributed by atoms with Crippen LogP contribution in [-0.4, -0.2) is 52.9 Å². The number of rotatable bonds is 9. The maximum atomic E-state index is 3.64. The van der Waals surface area contributed by atoms with E-state index >= 15 is 0 Å². The standard InChI is InChI=1S/C12H28N4/c1-13-5-6-15-7-8-16-12-4-3-11(9-12)10-14-2/h11-16H,3-10H2,1-2H3. The van der Waals surface area contributed by atoms with Gasteiger partial charge in [-0.05, 0) is 45.8 Å². The van der Waals surface area contributed by atoms with Crippen LogP contribution in [0.3, 0.4) is 0 Å². The van der Waals surface area contributed by atoms with Gasteiger partial charge in [0.05, 0.1) is 0 Å². The molecule has 0 spiro atoms. The van der Waals surface area contributed by atoms with Gasteiger partial charge in [0, 0.05) is 32.2 Å². The molecule has 1 aliphatic carbocycles. The van der Waals surface area contributed by atoms with Crippen LogP contribution < -0.4 is 21.3 Å². The van der Waals surface area contributed by atoms with E-state index in [-0.39, 0.29) is 0 Å². The first-order valence-electron chi connectivity index (χ1n) is 6.60. The van der Waals surface area contributed by atoms with Crippen molar-refractivity contribution in [3.8, 4) is 0 Å². The average molecular weight is 228 g/mol. The highest BCUT2D eigenvalue weighted by molar-refractivity contribution is 4.81. The van der Waals surface area contributed by atoms with Crippen molar-refractivity contribution in [3.05, 3.63) is 0 Å². The molecule has 1 rings (SSSR count). The third-order valence-corrected chi connectivity index (χ3v) is 3.32. The second kappa shape index (κ2) is 8.93. The molecule has 0 bridgehead atoms. The summed E-state index contributed by atoms with van der Waals surface area (Å²) in [4.78, 5) is 0. The van der Waals surface area contributed by atoms with Gasteiger partial charge in [0.25, 0.3) is 0 Å². The molecular formula is C12H28N4. The van der Waals surface area contributed by atoms with Gasteiger partial charge >= 0.3 is 0 Å². The van der Waals surface area contributed by atoms with E-state index in [1.165, 1.54) is 25.8 Å². The van der Waals surface area contributed by atoms with E-state index in [0.717, 1.165) is 38.1 Å². The van der Waals surface area contributed by atoms with Crippen molar-refractivity contribution >= 4 is 0 Å². The highest BCUT2D eigenvalue weighted by Crippen LogP contribution is 2.24. The van der Waals surface area contributed by atoms with Crippen LogP contribution in [-0.2, 0) is 0 Å². The van der Waals surface area contributed by atoms with Crippen molar-refractivity contribution in [2.45, 2.75) is 25.3 Å². The fraction of sp³-hybridized carbons (Fsp3) is 1.00. The van der Waals surface area contributed by atoms with Gasteiger partial charge in [0.15, 0.2) is 0 Å². The van der Waals surface area contributed by atoms with Crippen LogP contribution in [0.1, 0.15) is 19.3 Å². The van der Waals surface area contributed by atoms with E-state index in [0.29, 0.717) is 0 Å². The van der Waals surface area contributed by atoms with Crippen LogP contribution in [0.5, 0.6) is 0 Å². The highest BCUT2D eigenvalue weighted by atomic mass is 15.0. The van der Waals surface area contributed by atoms with Crippen molar-refractivity contribution < 1.29 is 0 Å². The van der Waals surface area contributed by atoms with Crippen LogP contribution in [0, 0.1) is 5.92 Å². The Labute approximate surface area is 99.9 Å². The fourth-order valence-corrected chi connectivity index (χ4v) is 2.44. The third-order valence-electron chi connectivity index (χ3n) is 3.32. The molecule has 2 atom stereocenters. The van der Waals surface area contributed by atoms with Crippen LogP contribution in [0.2, 0.25) is 0 Å². The smallest absolute Gasteiger partial charge is 0.00793 e. The van der Waals surface area contributed by atoms with Gasteiger partial charge in [-0.25, -0.2) is 0 Å². The van der Waals surface area contributed by atoms with Gasteiger partial charge in [-0.3, -0.25) is 0 Å². The van der Waals surface area contributed by atoms with Crippen molar-refractivity contribution in [1.29, 1.82) is 0 Å². The van der Waals surface area contributed by atoms with E-state index in [1.54, 1.807) is 0 Å². The Morgan fingerprint density at radius 1 is 0.938 bits per heavy atom. The molecule has 0 aromatic heterocycles. The lowest BCUT2D eigenvalue weighted by Gasteiger charge is -2.13. The van der Waals surface area contributed by atoms with Crippen molar-refractivity contribution in [2.24, 2.45) is 5.92 Å². The molecule has 1 aliphatic rings. The summed E-state index contributed by atoms with van der Waals surface area (Å²) in [5, 5.41) is 13.4. The van der Waals surface area contributed by atoms with Crippen LogP contribution in [0.4, 0.5) is 0 Å². The van der Waals surface area contributed by atoms with Crippen molar-refractivity contribution in [2.75, 3.05) is 46.8 Å². The first-order chi connectivity index (χ1) is 7.86. The average Bonchev–Trinajstić information content (AvgIpc) is 2.72. The molecule has 4 nitrogen and oxygen atoms in total. The minimum Gasteiger partial charge on any atom is -0.319 e. The maximum Gasteiger partial charge on any atom is 0.00793 e. The summed E-state index contributed by atoms with van der Waals surface area (Å²) in [7, 11) is 4.03. The second-order valence-corrected chi connectivity index (χ2v) is 4.74. The van der Waals surface area contributed by atoms with Crippen molar-refractivity contribution in [3.63, 3.8) is 0 Å². The molecule has 0 heterocycles. The van der Waals surface area contributed by atoms with E-state index in [9.17, 15) is 0 Å². The first kappa shape index (κ1) is 13.9. The SMILES string of the molecule is CNCCNCCNC1CCC(CNC)C1. The first-order valence-corrected chi connectivity index (χ1v) is 6.60. The second-order valence-electron chi connectivity index (χ2n) is 4.74. The van der Waals surface area contributed by atoms with Crippen LogP contribution >= 0.6 is 0 Å². The fourth-order valence-electron chi connectivity index (χ4n) is 2.44. The quantitative estimate of drug-likeness (QED) is 0.412. The molecule has 0 aromatic carbocycles. The summed E-state index contributed by atoms with van der Waals surface area (Å²) < 4.78 is 0. The third kappa shape index (κ3) is 5.80. The molecule has 2 unspecified atom stereocenters. The van der Waals surface area contributed by atoms with E-state index in [4.69, 9.17) is 0 Å². The Kier molecular flexibility index (Phi) is 7.76. The lowest BCUT2D eigenvalue weighted by atomic mass is 10.1. The predicted octanol–water partition coefficient (Wildman–Crippen LogP) is -0.227. The lowest BCUT2D eigenvalue weighted by molar-refractivity contribution is 0.468. The summed E-state index contributed by atoms with van der Waals surface area (Å²) in [6.45, 7) is 5.47. The Hall–Kier alpha value is -0.160. The normalized spacial score (nSPS) is 25.1. The van der Waals surface area contributed by atoms with Gasteiger partial charge < -0.3 is 21.3 Å². The van der Waals surface area contributed by atoms with E-state index in [1.807, 2.05) is 14.1 Å². The van der Waals surface area contributed by atoms with Gasteiger partial charge in [-0.15, -0.1) is 0 Å². The molecular weight excluding hydrogens is 200 g/mol. The number of likely N-dealkylation sites (N-methyl/N-ethyl adjacent to an activating group) is 1. The summed E-state index contributed by atoms with van der Waals surface area (Å²) in [5.74, 6) is 0.889. The molecule has 1 saturated carbocycles. The zero-order valence-electron chi connectivity index (χ0n) is 10.8. The molecule has 0 aliphatic heterocycles. The molecule has 96 valence electrons. The van der Waals surface area contributed by atoms with Crippen LogP contribution in [0.15, 0.2) is 0 Å². The molecule has 16 heavy (non-hydrogen) atoms. The minimum absolute atomic E-state index is 0.754. The van der Waals surface area contributed by atoms with Gasteiger partial charge in [0.2, 0.25) is 0 Å². The Morgan fingerprint density at radius 2 is 1.75 bits per heavy atom. The Bertz CT molecular complexity index is 163. The Balaban J connectivity index is 1.90. The Morgan fingerprint density at radius 3 is 2.50 bits per heavy atom. The van der Waals surface area contributed by atoms with E-state index in [2.05, 4.69) is 21.3 Å². The molecule has 0 radical (unpaired) electrons. The molecule has 0 saturated heterocycles. The molecule has 0 aromatic rings. The molecule has 4 N–H and O–H groups in total.